The lowest BCUT2D eigenvalue weighted by Gasteiger charge is -2.38. The van der Waals surface area contributed by atoms with Crippen LogP contribution in [0.25, 0.3) is 21.3 Å². The number of primary amides is 1. The van der Waals surface area contributed by atoms with E-state index in [4.69, 9.17) is 40.4 Å². The molecule has 7 N–H and O–H groups in total. The summed E-state index contributed by atoms with van der Waals surface area (Å²) in [5, 5.41) is 24.5. The Morgan fingerprint density at radius 1 is 0.925 bits per heavy atom. The summed E-state index contributed by atoms with van der Waals surface area (Å²) >= 11 is 8.50. The van der Waals surface area contributed by atoms with Gasteiger partial charge in [0.05, 0.1) is 59.1 Å². The summed E-state index contributed by atoms with van der Waals surface area (Å²) in [5.74, 6) is -3.90. The molecule has 3 aliphatic rings. The molecule has 8 atom stereocenters. The van der Waals surface area contributed by atoms with Crippen LogP contribution in [0.2, 0.25) is 5.02 Å². The standard InChI is InChI=1S/C65H80ClN10O15PS/c1-8-89-92(86,90-9-2)65(85)44-20-19-43-28-49(71-48(43)29-44)60(80)72-50-33-74(39(7)77)26-25-46-22-23-51(76(46)63(50)83)61(81)70-45(21-24-55(67)79)34-88-53-14-10-12-41(58(53)66)13-11-27-87-56-31-54(91-73-56)57(36(3)4)64(84)75-32-47(78)30-52(75)62(82)69-37(5)40-15-17-42(18-16-40)59-38(6)68-35-93-59/h10,12,14-20,28-29,31,35-37,45-47,50-52,57,71,78H,8-9,11,13,21-27,30,32-34H2,1-7H3,(H2,67,79)(H,69,82)(H,70,81)(H,72,80)/t37-,45-,46+,47+,50-,51-,52-,57+/m0/s1. The van der Waals surface area contributed by atoms with Crippen LogP contribution >= 0.6 is 30.5 Å². The number of amides is 7. The SMILES string of the molecule is CCOP(=O)(OCC)C(=O)c1ccc2cc(C(=O)N[C@H]3CN(C(C)=O)CC[C@H]4CC[C@@H](C(=O)N[C@@H](CCC(N)=O)COc5cccc(CCCOc6cc([C@H](C(=O)N7C[C@H](O)C[C@H]7C(=O)N[C@@H](C)c7ccc(-c8scnc8C)cc7)C(C)C)on6)c5Cl)N4C3=O)[nH]c2c1. The number of hydrogen-bond donors (Lipinski definition) is 6. The molecular formula is C65H80ClN10O15PS. The fraction of sp³-hybridized carbons (Fsp3) is 0.477. The minimum absolute atomic E-state index is 0.0253. The first-order valence-corrected chi connectivity index (χ1v) is 34.1. The number of halogens is 1. The lowest BCUT2D eigenvalue weighted by atomic mass is 9.91. The maximum atomic E-state index is 14.7. The molecule has 0 aliphatic carbocycles. The van der Waals surface area contributed by atoms with Gasteiger partial charge in [-0.05, 0) is 118 Å². The van der Waals surface area contributed by atoms with Crippen molar-refractivity contribution >= 4 is 88.3 Å². The summed E-state index contributed by atoms with van der Waals surface area (Å²) in [6.45, 7) is 12.1. The average Bonchev–Trinajstić information content (AvgIpc) is 2.09. The first kappa shape index (κ1) is 69.3. The number of thiazole rings is 1. The number of rotatable bonds is 28. The lowest BCUT2D eigenvalue weighted by molar-refractivity contribution is -0.145. The smallest absolute Gasteiger partial charge is 0.401 e. The number of nitrogens with zero attached hydrogens (tertiary/aromatic N) is 5. The van der Waals surface area contributed by atoms with Crippen molar-refractivity contribution < 1.29 is 71.1 Å². The van der Waals surface area contributed by atoms with Crippen molar-refractivity contribution in [2.24, 2.45) is 11.7 Å². The van der Waals surface area contributed by atoms with Gasteiger partial charge in [0.2, 0.25) is 35.4 Å². The number of aromatic amines is 1. The van der Waals surface area contributed by atoms with Gasteiger partial charge in [-0.1, -0.05) is 67.9 Å². The minimum Gasteiger partial charge on any atom is -0.490 e. The topological polar surface area (TPSA) is 337 Å². The zero-order valence-electron chi connectivity index (χ0n) is 53.0. The van der Waals surface area contributed by atoms with Gasteiger partial charge in [0, 0.05) is 68.0 Å². The molecule has 28 heteroatoms. The van der Waals surface area contributed by atoms with Crippen LogP contribution in [0.15, 0.2) is 82.8 Å². The number of aliphatic hydroxyl groups is 1. The monoisotopic (exact) mass is 1340 g/mol. The normalized spacial score (nSPS) is 19.4. The number of benzene rings is 3. The van der Waals surface area contributed by atoms with Gasteiger partial charge in [-0.2, -0.15) is 0 Å². The number of nitrogens with two attached hydrogens (primary N) is 1. The summed E-state index contributed by atoms with van der Waals surface area (Å²) in [6.07, 6.45) is 1.13. The molecule has 498 valence electrons. The first-order chi connectivity index (χ1) is 44.5. The molecule has 6 heterocycles. The van der Waals surface area contributed by atoms with Gasteiger partial charge in [0.25, 0.3) is 17.3 Å². The fourth-order valence-electron chi connectivity index (χ4n) is 12.2. The van der Waals surface area contributed by atoms with E-state index in [1.54, 1.807) is 55.0 Å². The van der Waals surface area contributed by atoms with Gasteiger partial charge in [-0.15, -0.1) is 11.3 Å². The van der Waals surface area contributed by atoms with Crippen molar-refractivity contribution in [1.29, 1.82) is 0 Å². The van der Waals surface area contributed by atoms with Crippen molar-refractivity contribution in [1.82, 2.24) is 45.8 Å². The maximum Gasteiger partial charge on any atom is 0.401 e. The first-order valence-electron chi connectivity index (χ1n) is 31.3. The van der Waals surface area contributed by atoms with Crippen molar-refractivity contribution in [2.75, 3.05) is 46.1 Å². The Bertz CT molecular complexity index is 3750. The molecule has 0 unspecified atom stereocenters. The third-order valence-corrected chi connectivity index (χ3v) is 20.4. The molecule has 9 rings (SSSR count). The molecule has 3 aliphatic heterocycles. The van der Waals surface area contributed by atoms with Gasteiger partial charge >= 0.3 is 7.60 Å². The number of fused-ring (bicyclic) bond motifs is 2. The average molecular weight is 1340 g/mol. The van der Waals surface area contributed by atoms with Crippen molar-refractivity contribution in [3.63, 3.8) is 0 Å². The molecule has 0 radical (unpaired) electrons. The van der Waals surface area contributed by atoms with Crippen LogP contribution in [0.3, 0.4) is 0 Å². The van der Waals surface area contributed by atoms with E-state index >= 15 is 0 Å². The molecule has 0 bridgehead atoms. The van der Waals surface area contributed by atoms with Crippen LogP contribution in [0.1, 0.15) is 142 Å². The number of ether oxygens (including phenoxy) is 2. The molecule has 3 aromatic heterocycles. The lowest BCUT2D eigenvalue weighted by Crippen LogP contribution is -2.61. The number of hydrogen-bond acceptors (Lipinski definition) is 18. The molecule has 3 fully saturated rings. The van der Waals surface area contributed by atoms with Crippen LogP contribution in [0.4, 0.5) is 0 Å². The second-order valence-electron chi connectivity index (χ2n) is 23.9. The molecular weight excluding hydrogens is 1260 g/mol. The van der Waals surface area contributed by atoms with E-state index in [-0.39, 0.29) is 124 Å². The second kappa shape index (κ2) is 30.8. The molecule has 25 nitrogen and oxygen atoms in total. The third kappa shape index (κ3) is 16.5. The number of aliphatic hydroxyl groups excluding tert-OH is 1. The highest BCUT2D eigenvalue weighted by Crippen LogP contribution is 2.51. The van der Waals surface area contributed by atoms with E-state index in [0.29, 0.717) is 47.4 Å². The van der Waals surface area contributed by atoms with Crippen molar-refractivity contribution in [3.8, 4) is 22.1 Å². The minimum atomic E-state index is -4.15. The molecule has 7 amide bonds. The number of β-amino-alcohol motifs (C(OH)–C–C–N with tert-alkyl or cyclic N) is 1. The fourth-order valence-corrected chi connectivity index (χ4v) is 14.7. The Hall–Kier alpha value is -8.00. The predicted molar refractivity (Wildman–Crippen MR) is 345 cm³/mol. The number of H-pyrrole nitrogens is 1. The van der Waals surface area contributed by atoms with Gasteiger partial charge in [0.1, 0.15) is 42.1 Å². The van der Waals surface area contributed by atoms with E-state index in [1.165, 1.54) is 39.8 Å². The largest absolute Gasteiger partial charge is 0.490 e. The van der Waals surface area contributed by atoms with Crippen LogP contribution in [-0.4, -0.2) is 164 Å². The van der Waals surface area contributed by atoms with E-state index < -0.39 is 79.0 Å². The Balaban J connectivity index is 0.791. The third-order valence-electron chi connectivity index (χ3n) is 17.0. The van der Waals surface area contributed by atoms with E-state index in [9.17, 15) is 48.0 Å². The number of aryl methyl sites for hydroxylation is 2. The molecule has 0 spiro atoms. The molecule has 3 saturated heterocycles. The van der Waals surface area contributed by atoms with Crippen LogP contribution in [0, 0.1) is 12.8 Å². The Morgan fingerprint density at radius 2 is 1.67 bits per heavy atom. The summed E-state index contributed by atoms with van der Waals surface area (Å²) < 4.78 is 41.7. The summed E-state index contributed by atoms with van der Waals surface area (Å²) in [6, 6.07) is 15.9. The number of aromatic nitrogens is 3. The molecule has 3 aromatic carbocycles. The zero-order chi connectivity index (χ0) is 66.8. The zero-order valence-corrected chi connectivity index (χ0v) is 55.5. The number of nitrogens with one attached hydrogen (secondary N) is 4. The highest BCUT2D eigenvalue weighted by atomic mass is 35.5. The summed E-state index contributed by atoms with van der Waals surface area (Å²) in [4.78, 5) is 122. The van der Waals surface area contributed by atoms with Gasteiger partial charge < -0.3 is 69.5 Å². The van der Waals surface area contributed by atoms with E-state index in [2.05, 4.69) is 31.1 Å². The highest BCUT2D eigenvalue weighted by Gasteiger charge is 2.47. The number of carbonyl (C=O) groups is 8. The maximum absolute atomic E-state index is 14.7. The van der Waals surface area contributed by atoms with Gasteiger partial charge in [-0.3, -0.25) is 42.9 Å². The van der Waals surface area contributed by atoms with Gasteiger partial charge in [0.15, 0.2) is 5.76 Å². The summed E-state index contributed by atoms with van der Waals surface area (Å²) in [5.41, 5.74) is 10.5. The molecule has 0 saturated carbocycles. The van der Waals surface area contributed by atoms with Crippen molar-refractivity contribution in [3.05, 3.63) is 117 Å². The highest BCUT2D eigenvalue weighted by molar-refractivity contribution is 7.72. The number of likely N-dealkylation sites (tertiary alicyclic amines) is 1. The second-order valence-corrected chi connectivity index (χ2v) is 27.1. The molecule has 93 heavy (non-hydrogen) atoms. The van der Waals surface area contributed by atoms with Gasteiger partial charge in [-0.25, -0.2) is 4.98 Å². The van der Waals surface area contributed by atoms with Crippen LogP contribution in [0.5, 0.6) is 11.6 Å². The van der Waals surface area contributed by atoms with Crippen LogP contribution < -0.4 is 31.2 Å². The Morgan fingerprint density at radius 3 is 2.35 bits per heavy atom. The Kier molecular flexibility index (Phi) is 23.0. The Labute approximate surface area is 547 Å². The number of carbonyl (C=O) groups excluding carboxylic acids is 8. The predicted octanol–water partition coefficient (Wildman–Crippen LogP) is 7.78. The van der Waals surface area contributed by atoms with Crippen molar-refractivity contribution in [2.45, 2.75) is 148 Å². The quantitative estimate of drug-likeness (QED) is 0.0202. The van der Waals surface area contributed by atoms with E-state index in [0.717, 1.165) is 27.3 Å². The molecule has 6 aromatic rings. The van der Waals surface area contributed by atoms with Crippen LogP contribution in [-0.2, 0) is 48.8 Å². The summed E-state index contributed by atoms with van der Waals surface area (Å²) in [7, 11) is -4.15. The van der Waals surface area contributed by atoms with E-state index in [1.807, 2.05) is 58.0 Å².